The molecule has 0 N–H and O–H groups in total. The van der Waals surface area contributed by atoms with Crippen molar-refractivity contribution in [1.29, 1.82) is 0 Å². The van der Waals surface area contributed by atoms with Crippen LogP contribution in [0, 0.1) is 5.82 Å². The number of benzene rings is 3. The predicted octanol–water partition coefficient (Wildman–Crippen LogP) is 5.84. The Hall–Kier alpha value is -4.12. The maximum atomic E-state index is 14.0. The highest BCUT2D eigenvalue weighted by Crippen LogP contribution is 2.36. The lowest BCUT2D eigenvalue weighted by molar-refractivity contribution is -0.136. The zero-order valence-corrected chi connectivity index (χ0v) is 26.3. The van der Waals surface area contributed by atoms with Gasteiger partial charge >= 0.3 is 5.97 Å². The van der Waals surface area contributed by atoms with E-state index < -0.39 is 17.6 Å². The van der Waals surface area contributed by atoms with Gasteiger partial charge in [0.05, 0.1) is 41.5 Å². The lowest BCUT2D eigenvalue weighted by atomic mass is 9.97. The fourth-order valence-corrected chi connectivity index (χ4v) is 6.23. The minimum Gasteiger partial charge on any atom is -0.490 e. The zero-order valence-electron chi connectivity index (χ0n) is 23.9. The van der Waals surface area contributed by atoms with Gasteiger partial charge in [-0.2, -0.15) is 0 Å². The molecule has 0 saturated heterocycles. The SMILES string of the molecule is CCOc1ccc([C@@H]2C(C(=O)OC)=CN=c3s/c(=C/c4cc(Cl)cc(Cl)c4OCc4ccc(F)cc4)c(=O)n32)cc1OCC. The van der Waals surface area contributed by atoms with E-state index in [4.69, 9.17) is 42.1 Å². The van der Waals surface area contributed by atoms with Crippen molar-refractivity contribution >= 4 is 46.6 Å². The summed E-state index contributed by atoms with van der Waals surface area (Å²) in [5, 5.41) is 0.578. The summed E-state index contributed by atoms with van der Waals surface area (Å²) in [5.74, 6) is 0.332. The molecule has 3 aromatic carbocycles. The number of aromatic nitrogens is 1. The number of ether oxygens (including phenoxy) is 4. The molecule has 0 spiro atoms. The van der Waals surface area contributed by atoms with Gasteiger partial charge < -0.3 is 18.9 Å². The largest absolute Gasteiger partial charge is 0.490 e. The van der Waals surface area contributed by atoms with Crippen LogP contribution in [0.5, 0.6) is 17.2 Å². The van der Waals surface area contributed by atoms with Crippen LogP contribution in [0.25, 0.3) is 6.08 Å². The molecule has 1 aliphatic rings. The molecule has 0 radical (unpaired) electrons. The Morgan fingerprint density at radius 2 is 1.75 bits per heavy atom. The molecule has 1 aromatic heterocycles. The summed E-state index contributed by atoms with van der Waals surface area (Å²) in [6.45, 7) is 4.65. The van der Waals surface area contributed by atoms with Gasteiger partial charge in [0.2, 0.25) is 0 Å². The van der Waals surface area contributed by atoms with E-state index >= 15 is 0 Å². The topological polar surface area (TPSA) is 88.4 Å². The number of fused-ring (bicyclic) bond motifs is 1. The van der Waals surface area contributed by atoms with E-state index in [9.17, 15) is 14.0 Å². The number of hydrogen-bond acceptors (Lipinski definition) is 8. The normalized spacial score (nSPS) is 14.4. The molecule has 5 rings (SSSR count). The molecule has 12 heteroatoms. The standard InChI is InChI=1S/C32H27Cl2FN2O6S/c1-4-41-25-11-8-19(13-26(25)42-5-2)28-23(31(39)40-3)16-36-32-37(28)30(38)27(44-32)14-20-12-21(33)15-24(34)29(20)43-17-18-6-9-22(35)10-7-18/h6-16,28H,4-5,17H2,1-3H3/b27-14+/t28-/m1/s1. The summed E-state index contributed by atoms with van der Waals surface area (Å²) in [4.78, 5) is 31.7. The van der Waals surface area contributed by atoms with Gasteiger partial charge in [0.1, 0.15) is 18.2 Å². The minimum absolute atomic E-state index is 0.103. The third kappa shape index (κ3) is 6.52. The molecule has 0 fully saturated rings. The van der Waals surface area contributed by atoms with E-state index in [0.717, 1.165) is 16.9 Å². The first-order chi connectivity index (χ1) is 21.2. The van der Waals surface area contributed by atoms with Crippen LogP contribution in [-0.2, 0) is 16.1 Å². The van der Waals surface area contributed by atoms with Crippen LogP contribution >= 0.6 is 34.5 Å². The molecule has 4 aromatic rings. The van der Waals surface area contributed by atoms with Crippen LogP contribution in [0.2, 0.25) is 10.0 Å². The summed E-state index contributed by atoms with van der Waals surface area (Å²) in [5.41, 5.74) is 1.55. The van der Waals surface area contributed by atoms with Crippen LogP contribution in [0.1, 0.15) is 36.6 Å². The molecule has 1 aliphatic heterocycles. The van der Waals surface area contributed by atoms with Crippen molar-refractivity contribution in [3.8, 4) is 17.2 Å². The molecule has 0 unspecified atom stereocenters. The number of rotatable bonds is 10. The molecule has 44 heavy (non-hydrogen) atoms. The quantitative estimate of drug-likeness (QED) is 0.199. The van der Waals surface area contributed by atoms with Crippen LogP contribution in [0.4, 0.5) is 4.39 Å². The van der Waals surface area contributed by atoms with Crippen LogP contribution < -0.4 is 29.1 Å². The van der Waals surface area contributed by atoms with Crippen LogP contribution in [0.3, 0.4) is 0 Å². The predicted molar refractivity (Wildman–Crippen MR) is 167 cm³/mol. The Balaban J connectivity index is 1.62. The van der Waals surface area contributed by atoms with Crippen molar-refractivity contribution in [2.75, 3.05) is 20.3 Å². The van der Waals surface area contributed by atoms with Crippen molar-refractivity contribution in [2.45, 2.75) is 26.5 Å². The van der Waals surface area contributed by atoms with Gasteiger partial charge in [0.25, 0.3) is 5.56 Å². The number of esters is 1. The summed E-state index contributed by atoms with van der Waals surface area (Å²) in [6, 6.07) is 13.5. The lowest BCUT2D eigenvalue weighted by Crippen LogP contribution is -2.39. The Morgan fingerprint density at radius 3 is 2.45 bits per heavy atom. The number of carbonyl (C=O) groups excluding carboxylic acids is 1. The number of nitrogens with zero attached hydrogens (tertiary/aromatic N) is 2. The van der Waals surface area contributed by atoms with E-state index in [1.807, 2.05) is 13.8 Å². The first-order valence-corrected chi connectivity index (χ1v) is 15.2. The monoisotopic (exact) mass is 656 g/mol. The molecule has 0 aliphatic carbocycles. The van der Waals surface area contributed by atoms with Crippen molar-refractivity contribution in [1.82, 2.24) is 4.57 Å². The number of methoxy groups -OCH3 is 1. The number of thiazole rings is 1. The van der Waals surface area contributed by atoms with E-state index in [1.54, 1.807) is 42.5 Å². The van der Waals surface area contributed by atoms with E-state index in [1.165, 1.54) is 36.1 Å². The Kier molecular flexibility index (Phi) is 9.73. The Labute approximate surface area is 266 Å². The second kappa shape index (κ2) is 13.7. The summed E-state index contributed by atoms with van der Waals surface area (Å²) < 4.78 is 37.7. The van der Waals surface area contributed by atoms with E-state index in [2.05, 4.69) is 4.99 Å². The molecule has 0 bridgehead atoms. The smallest absolute Gasteiger partial charge is 0.337 e. The highest BCUT2D eigenvalue weighted by molar-refractivity contribution is 7.07. The second-order valence-corrected chi connectivity index (χ2v) is 11.3. The fourth-order valence-electron chi connectivity index (χ4n) is 4.70. The second-order valence-electron chi connectivity index (χ2n) is 9.47. The van der Waals surface area contributed by atoms with Gasteiger partial charge in [0.15, 0.2) is 16.3 Å². The molecule has 0 amide bonds. The molecule has 228 valence electrons. The number of hydrogen-bond donors (Lipinski definition) is 0. The highest BCUT2D eigenvalue weighted by atomic mass is 35.5. The van der Waals surface area contributed by atoms with Gasteiger partial charge in [-0.3, -0.25) is 9.36 Å². The molecule has 2 heterocycles. The average Bonchev–Trinajstić information content (AvgIpc) is 3.32. The van der Waals surface area contributed by atoms with Gasteiger partial charge in [0, 0.05) is 16.8 Å². The first kappa shape index (κ1) is 31.3. The number of halogens is 3. The average molecular weight is 658 g/mol. The van der Waals surface area contributed by atoms with E-state index in [0.29, 0.717) is 55.9 Å². The summed E-state index contributed by atoms with van der Waals surface area (Å²) in [7, 11) is 1.27. The van der Waals surface area contributed by atoms with Crippen molar-refractivity contribution in [3.05, 3.63) is 119 Å². The summed E-state index contributed by atoms with van der Waals surface area (Å²) in [6.07, 6.45) is 3.03. The lowest BCUT2D eigenvalue weighted by Gasteiger charge is -2.23. The Morgan fingerprint density at radius 1 is 1.02 bits per heavy atom. The zero-order chi connectivity index (χ0) is 31.4. The van der Waals surface area contributed by atoms with Gasteiger partial charge in [-0.15, -0.1) is 0 Å². The maximum Gasteiger partial charge on any atom is 0.337 e. The highest BCUT2D eigenvalue weighted by Gasteiger charge is 2.31. The van der Waals surface area contributed by atoms with Crippen LogP contribution in [-0.4, -0.2) is 30.9 Å². The third-order valence-electron chi connectivity index (χ3n) is 6.63. The fraction of sp³-hybridized carbons (Fsp3) is 0.219. The molecular formula is C32H27Cl2FN2O6S. The first-order valence-electron chi connectivity index (χ1n) is 13.6. The molecular weight excluding hydrogens is 630 g/mol. The minimum atomic E-state index is -0.854. The van der Waals surface area contributed by atoms with Crippen molar-refractivity contribution < 1.29 is 28.1 Å². The van der Waals surface area contributed by atoms with E-state index in [-0.39, 0.29) is 23.0 Å². The van der Waals surface area contributed by atoms with Gasteiger partial charge in [-0.25, -0.2) is 14.2 Å². The van der Waals surface area contributed by atoms with Gasteiger partial charge in [-0.1, -0.05) is 52.7 Å². The third-order valence-corrected chi connectivity index (χ3v) is 8.12. The Bertz CT molecular complexity index is 1920. The van der Waals surface area contributed by atoms with Crippen molar-refractivity contribution in [2.24, 2.45) is 4.99 Å². The molecule has 8 nitrogen and oxygen atoms in total. The van der Waals surface area contributed by atoms with Gasteiger partial charge in [-0.05, 0) is 67.4 Å². The maximum absolute atomic E-state index is 14.0. The molecule has 1 atom stereocenters. The van der Waals surface area contributed by atoms with Crippen LogP contribution in [0.15, 0.2) is 76.2 Å². The van der Waals surface area contributed by atoms with Crippen molar-refractivity contribution in [3.63, 3.8) is 0 Å². The summed E-state index contributed by atoms with van der Waals surface area (Å²) >= 11 is 14.0. The molecule has 0 saturated carbocycles. The number of carbonyl (C=O) groups is 1.